The average Bonchev–Trinajstić information content (AvgIpc) is 2.29. The summed E-state index contributed by atoms with van der Waals surface area (Å²) in [4.78, 5) is 0. The van der Waals surface area contributed by atoms with E-state index in [1.807, 2.05) is 32.9 Å². The number of hydrogen-bond donors (Lipinski definition) is 2. The number of aryl methyl sites for hydroxylation is 1. The van der Waals surface area contributed by atoms with Crippen molar-refractivity contribution >= 4 is 0 Å². The Morgan fingerprint density at radius 1 is 1.41 bits per heavy atom. The van der Waals surface area contributed by atoms with Crippen LogP contribution in [-0.4, -0.2) is 24.4 Å². The zero-order valence-corrected chi connectivity index (χ0v) is 11.2. The number of hydrogen-bond acceptors (Lipinski definition) is 3. The minimum absolute atomic E-state index is 0.606. The van der Waals surface area contributed by atoms with E-state index in [1.54, 1.807) is 7.11 Å². The van der Waals surface area contributed by atoms with Gasteiger partial charge in [-0.25, -0.2) is 0 Å². The van der Waals surface area contributed by atoms with Crippen LogP contribution in [0.15, 0.2) is 18.2 Å². The molecule has 1 aromatic carbocycles. The summed E-state index contributed by atoms with van der Waals surface area (Å²) in [6.07, 6.45) is 0.752. The van der Waals surface area contributed by atoms with E-state index in [4.69, 9.17) is 4.74 Å². The second-order valence-corrected chi connectivity index (χ2v) is 4.76. The lowest BCUT2D eigenvalue weighted by Crippen LogP contribution is -2.36. The number of rotatable bonds is 6. The molecule has 1 atom stereocenters. The standard InChI is InChI=1S/C14H23NO2/c1-5-14(3,16)10-15-9-12-6-7-13(17-4)11(2)8-12/h6-8,15-16H,5,9-10H2,1-4H3. The first-order chi connectivity index (χ1) is 7.98. The van der Waals surface area contributed by atoms with E-state index in [-0.39, 0.29) is 0 Å². The van der Waals surface area contributed by atoms with Crippen LogP contribution >= 0.6 is 0 Å². The summed E-state index contributed by atoms with van der Waals surface area (Å²) in [6.45, 7) is 7.23. The lowest BCUT2D eigenvalue weighted by Gasteiger charge is -2.21. The Morgan fingerprint density at radius 2 is 2.12 bits per heavy atom. The lowest BCUT2D eigenvalue weighted by molar-refractivity contribution is 0.0555. The molecule has 1 rings (SSSR count). The minimum atomic E-state index is -0.623. The van der Waals surface area contributed by atoms with E-state index in [9.17, 15) is 5.11 Å². The Labute approximate surface area is 104 Å². The maximum Gasteiger partial charge on any atom is 0.121 e. The van der Waals surface area contributed by atoms with Crippen molar-refractivity contribution in [2.75, 3.05) is 13.7 Å². The summed E-state index contributed by atoms with van der Waals surface area (Å²) in [5.74, 6) is 0.911. The lowest BCUT2D eigenvalue weighted by atomic mass is 10.0. The van der Waals surface area contributed by atoms with Gasteiger partial charge in [-0.1, -0.05) is 19.1 Å². The molecule has 17 heavy (non-hydrogen) atoms. The van der Waals surface area contributed by atoms with E-state index in [0.717, 1.165) is 24.3 Å². The number of ether oxygens (including phenoxy) is 1. The first-order valence-corrected chi connectivity index (χ1v) is 6.05. The van der Waals surface area contributed by atoms with Gasteiger partial charge in [0.25, 0.3) is 0 Å². The van der Waals surface area contributed by atoms with Gasteiger partial charge in [-0.05, 0) is 37.5 Å². The van der Waals surface area contributed by atoms with Crippen LogP contribution in [0.5, 0.6) is 5.75 Å². The Morgan fingerprint density at radius 3 is 2.65 bits per heavy atom. The van der Waals surface area contributed by atoms with Gasteiger partial charge in [0.05, 0.1) is 12.7 Å². The SMILES string of the molecule is CCC(C)(O)CNCc1ccc(OC)c(C)c1. The first-order valence-electron chi connectivity index (χ1n) is 6.05. The highest BCUT2D eigenvalue weighted by Gasteiger charge is 2.16. The predicted octanol–water partition coefficient (Wildman–Crippen LogP) is 2.25. The first kappa shape index (κ1) is 14.0. The minimum Gasteiger partial charge on any atom is -0.496 e. The number of nitrogens with one attached hydrogen (secondary N) is 1. The van der Waals surface area contributed by atoms with Crippen molar-refractivity contribution in [1.29, 1.82) is 0 Å². The summed E-state index contributed by atoms with van der Waals surface area (Å²) < 4.78 is 5.22. The molecule has 1 aromatic rings. The molecule has 1 unspecified atom stereocenters. The van der Waals surface area contributed by atoms with Gasteiger partial charge in [-0.3, -0.25) is 0 Å². The van der Waals surface area contributed by atoms with Crippen LogP contribution in [-0.2, 0) is 6.54 Å². The molecule has 0 saturated carbocycles. The monoisotopic (exact) mass is 237 g/mol. The van der Waals surface area contributed by atoms with Crippen molar-refractivity contribution in [2.45, 2.75) is 39.3 Å². The third-order valence-electron chi connectivity index (χ3n) is 3.06. The smallest absolute Gasteiger partial charge is 0.121 e. The Kier molecular flexibility index (Phi) is 4.97. The van der Waals surface area contributed by atoms with Crippen LogP contribution in [0.3, 0.4) is 0 Å². The Bertz CT molecular complexity index is 361. The highest BCUT2D eigenvalue weighted by molar-refractivity contribution is 5.36. The average molecular weight is 237 g/mol. The molecule has 0 saturated heterocycles. The molecule has 0 aliphatic carbocycles. The third-order valence-corrected chi connectivity index (χ3v) is 3.06. The van der Waals surface area contributed by atoms with Gasteiger partial charge in [-0.2, -0.15) is 0 Å². The summed E-state index contributed by atoms with van der Waals surface area (Å²) in [7, 11) is 1.68. The normalized spacial score (nSPS) is 14.4. The van der Waals surface area contributed by atoms with Crippen molar-refractivity contribution in [2.24, 2.45) is 0 Å². The molecule has 0 bridgehead atoms. The van der Waals surface area contributed by atoms with Crippen LogP contribution in [0.1, 0.15) is 31.4 Å². The Balaban J connectivity index is 2.50. The van der Waals surface area contributed by atoms with Crippen LogP contribution in [0.4, 0.5) is 0 Å². The summed E-state index contributed by atoms with van der Waals surface area (Å²) in [6, 6.07) is 6.12. The number of aliphatic hydroxyl groups is 1. The molecular weight excluding hydrogens is 214 g/mol. The molecule has 0 spiro atoms. The summed E-state index contributed by atoms with van der Waals surface area (Å²) in [5.41, 5.74) is 1.71. The van der Waals surface area contributed by atoms with Crippen molar-refractivity contribution < 1.29 is 9.84 Å². The van der Waals surface area contributed by atoms with E-state index >= 15 is 0 Å². The van der Waals surface area contributed by atoms with Crippen molar-refractivity contribution in [1.82, 2.24) is 5.32 Å². The van der Waals surface area contributed by atoms with E-state index in [0.29, 0.717) is 6.54 Å². The third kappa shape index (κ3) is 4.36. The molecule has 0 aliphatic heterocycles. The second kappa shape index (κ2) is 6.03. The second-order valence-electron chi connectivity index (χ2n) is 4.76. The maximum absolute atomic E-state index is 9.86. The maximum atomic E-state index is 9.86. The van der Waals surface area contributed by atoms with Crippen LogP contribution in [0, 0.1) is 6.92 Å². The fourth-order valence-electron chi connectivity index (χ4n) is 1.65. The Hall–Kier alpha value is -1.06. The van der Waals surface area contributed by atoms with E-state index in [1.165, 1.54) is 5.56 Å². The quantitative estimate of drug-likeness (QED) is 0.797. The fraction of sp³-hybridized carbons (Fsp3) is 0.571. The molecule has 0 aliphatic rings. The molecule has 0 aromatic heterocycles. The van der Waals surface area contributed by atoms with Gasteiger partial charge >= 0.3 is 0 Å². The van der Waals surface area contributed by atoms with Gasteiger partial charge in [0.1, 0.15) is 5.75 Å². The van der Waals surface area contributed by atoms with Gasteiger partial charge in [-0.15, -0.1) is 0 Å². The van der Waals surface area contributed by atoms with Crippen LogP contribution in [0.25, 0.3) is 0 Å². The summed E-state index contributed by atoms with van der Waals surface area (Å²) in [5, 5.41) is 13.1. The number of benzene rings is 1. The van der Waals surface area contributed by atoms with Gasteiger partial charge in [0.2, 0.25) is 0 Å². The van der Waals surface area contributed by atoms with Crippen molar-refractivity contribution in [3.05, 3.63) is 29.3 Å². The van der Waals surface area contributed by atoms with Crippen LogP contribution in [0.2, 0.25) is 0 Å². The molecular formula is C14H23NO2. The zero-order valence-electron chi connectivity index (χ0n) is 11.2. The van der Waals surface area contributed by atoms with Gasteiger partial charge in [0, 0.05) is 13.1 Å². The van der Waals surface area contributed by atoms with Crippen molar-refractivity contribution in [3.8, 4) is 5.75 Å². The fourth-order valence-corrected chi connectivity index (χ4v) is 1.65. The molecule has 0 amide bonds. The topological polar surface area (TPSA) is 41.5 Å². The molecule has 0 fully saturated rings. The molecule has 3 heteroatoms. The molecule has 96 valence electrons. The zero-order chi connectivity index (χ0) is 12.9. The highest BCUT2D eigenvalue weighted by Crippen LogP contribution is 2.18. The number of methoxy groups -OCH3 is 1. The molecule has 3 nitrogen and oxygen atoms in total. The highest BCUT2D eigenvalue weighted by atomic mass is 16.5. The van der Waals surface area contributed by atoms with Crippen LogP contribution < -0.4 is 10.1 Å². The van der Waals surface area contributed by atoms with Crippen molar-refractivity contribution in [3.63, 3.8) is 0 Å². The predicted molar refractivity (Wildman–Crippen MR) is 70.4 cm³/mol. The molecule has 0 radical (unpaired) electrons. The largest absolute Gasteiger partial charge is 0.496 e. The van der Waals surface area contributed by atoms with Gasteiger partial charge in [0.15, 0.2) is 0 Å². The molecule has 0 heterocycles. The summed E-state index contributed by atoms with van der Waals surface area (Å²) >= 11 is 0. The molecule has 2 N–H and O–H groups in total. The van der Waals surface area contributed by atoms with E-state index in [2.05, 4.69) is 11.4 Å². The van der Waals surface area contributed by atoms with Gasteiger partial charge < -0.3 is 15.2 Å². The van der Waals surface area contributed by atoms with E-state index < -0.39 is 5.60 Å².